The maximum atomic E-state index is 12.5. The summed E-state index contributed by atoms with van der Waals surface area (Å²) in [6.07, 6.45) is 0.174. The first-order chi connectivity index (χ1) is 11.8. The number of aromatic amines is 2. The number of hydrogen-bond donors (Lipinski definition) is 3. The number of nitrogens with one attached hydrogen (secondary N) is 2. The molecule has 0 bridgehead atoms. The first-order valence-corrected chi connectivity index (χ1v) is 8.13. The Bertz CT molecular complexity index is 833. The summed E-state index contributed by atoms with van der Waals surface area (Å²) in [5, 5.41) is 16.3. The average Bonchev–Trinajstić information content (AvgIpc) is 2.92. The van der Waals surface area contributed by atoms with Crippen LogP contribution in [0.25, 0.3) is 0 Å². The van der Waals surface area contributed by atoms with Crippen molar-refractivity contribution in [3.8, 4) is 0 Å². The molecule has 3 atom stereocenters. The topological polar surface area (TPSA) is 98.4 Å². The fourth-order valence-electron chi connectivity index (χ4n) is 3.72. The molecule has 7 nitrogen and oxygen atoms in total. The molecule has 0 amide bonds. The number of hydrogen-bond acceptors (Lipinski definition) is 5. The first kappa shape index (κ1) is 17.3. The minimum Gasteiger partial charge on any atom is -0.469 e. The van der Waals surface area contributed by atoms with Crippen LogP contribution in [-0.2, 0) is 16.0 Å². The molecule has 3 N–H and O–H groups in total. The van der Waals surface area contributed by atoms with Crippen molar-refractivity contribution >= 4 is 11.7 Å². The van der Waals surface area contributed by atoms with E-state index in [9.17, 15) is 14.7 Å². The van der Waals surface area contributed by atoms with Crippen molar-refractivity contribution in [2.24, 2.45) is 5.92 Å². The molecule has 1 heterocycles. The van der Waals surface area contributed by atoms with E-state index >= 15 is 0 Å². The number of esters is 1. The van der Waals surface area contributed by atoms with E-state index < -0.39 is 23.4 Å². The number of benzene rings is 1. The van der Waals surface area contributed by atoms with E-state index in [-0.39, 0.29) is 12.0 Å². The highest BCUT2D eigenvalue weighted by Gasteiger charge is 2.51. The summed E-state index contributed by atoms with van der Waals surface area (Å²) < 4.78 is 4.94. The van der Waals surface area contributed by atoms with Gasteiger partial charge >= 0.3 is 5.97 Å². The number of aromatic nitrogens is 2. The van der Waals surface area contributed by atoms with E-state index in [1.165, 1.54) is 7.11 Å². The Kier molecular flexibility index (Phi) is 4.20. The van der Waals surface area contributed by atoms with Crippen molar-refractivity contribution < 1.29 is 14.6 Å². The number of carbonyl (C=O) groups is 1. The highest BCUT2D eigenvalue weighted by atomic mass is 16.5. The third kappa shape index (κ3) is 2.84. The summed E-state index contributed by atoms with van der Waals surface area (Å²) in [6, 6.07) is 7.61. The van der Waals surface area contributed by atoms with Crippen LogP contribution in [0.1, 0.15) is 29.7 Å². The lowest BCUT2D eigenvalue weighted by atomic mass is 9.66. The largest absolute Gasteiger partial charge is 0.469 e. The summed E-state index contributed by atoms with van der Waals surface area (Å²) in [5.74, 6) is -1.98. The van der Waals surface area contributed by atoms with Crippen molar-refractivity contribution in [2.75, 3.05) is 26.1 Å². The predicted molar refractivity (Wildman–Crippen MR) is 93.9 cm³/mol. The van der Waals surface area contributed by atoms with E-state index in [1.54, 1.807) is 6.92 Å². The maximum absolute atomic E-state index is 12.5. The van der Waals surface area contributed by atoms with Crippen LogP contribution in [0.3, 0.4) is 0 Å². The zero-order valence-electron chi connectivity index (χ0n) is 14.8. The molecule has 0 spiro atoms. The molecule has 0 unspecified atom stereocenters. The maximum Gasteiger partial charge on any atom is 0.312 e. The number of fused-ring (bicyclic) bond motifs is 1. The van der Waals surface area contributed by atoms with E-state index in [0.29, 0.717) is 11.3 Å². The number of aliphatic hydroxyl groups is 1. The number of methoxy groups -OCH3 is 1. The fraction of sp³-hybridized carbons (Fsp3) is 0.444. The summed E-state index contributed by atoms with van der Waals surface area (Å²) in [7, 11) is 5.17. The molecule has 1 aliphatic carbocycles. The molecule has 134 valence electrons. The second kappa shape index (κ2) is 6.07. The number of anilines is 1. The smallest absolute Gasteiger partial charge is 0.312 e. The molecule has 0 saturated heterocycles. The minimum absolute atomic E-state index is 0.174. The minimum atomic E-state index is -1.34. The highest BCUT2D eigenvalue weighted by Crippen LogP contribution is 2.44. The molecule has 1 aliphatic rings. The van der Waals surface area contributed by atoms with Gasteiger partial charge in [-0.1, -0.05) is 12.1 Å². The molecule has 0 saturated carbocycles. The normalized spacial score (nSPS) is 25.3. The SMILES string of the molecule is COC(=O)[C@@H]1[C@H](c2ccc(N(C)C)cc2)c2c([nH][nH]c2=O)C[C@@]1(C)O. The Labute approximate surface area is 145 Å². The Morgan fingerprint density at radius 1 is 1.28 bits per heavy atom. The zero-order chi connectivity index (χ0) is 18.4. The summed E-state index contributed by atoms with van der Waals surface area (Å²) in [4.78, 5) is 26.8. The lowest BCUT2D eigenvalue weighted by molar-refractivity contribution is -0.156. The average molecular weight is 345 g/mol. The first-order valence-electron chi connectivity index (χ1n) is 8.13. The number of H-pyrrole nitrogens is 2. The van der Waals surface area contributed by atoms with Crippen LogP contribution in [0, 0.1) is 5.92 Å². The van der Waals surface area contributed by atoms with Crippen LogP contribution in [-0.4, -0.2) is 48.1 Å². The molecule has 3 rings (SSSR count). The van der Waals surface area contributed by atoms with E-state index in [2.05, 4.69) is 10.2 Å². The highest BCUT2D eigenvalue weighted by molar-refractivity contribution is 5.77. The standard InChI is InChI=1S/C18H23N3O4/c1-18(24)9-12-14(16(22)20-19-12)13(15(18)17(23)25-4)10-5-7-11(8-6-10)21(2)3/h5-8,13,15,24H,9H2,1-4H3,(H2,19,20,22)/t13-,15+,18-/m1/s1. The van der Waals surface area contributed by atoms with Crippen LogP contribution in [0.2, 0.25) is 0 Å². The molecule has 2 aromatic rings. The molecule has 0 radical (unpaired) electrons. The third-order valence-electron chi connectivity index (χ3n) is 4.97. The van der Waals surface area contributed by atoms with Gasteiger partial charge in [0.1, 0.15) is 0 Å². The molecular weight excluding hydrogens is 322 g/mol. The Morgan fingerprint density at radius 3 is 2.48 bits per heavy atom. The second-order valence-electron chi connectivity index (χ2n) is 6.97. The van der Waals surface area contributed by atoms with Gasteiger partial charge in [-0.3, -0.25) is 14.7 Å². The quantitative estimate of drug-likeness (QED) is 0.721. The second-order valence-corrected chi connectivity index (χ2v) is 6.97. The van der Waals surface area contributed by atoms with Gasteiger partial charge in [0, 0.05) is 43.4 Å². The van der Waals surface area contributed by atoms with Gasteiger partial charge < -0.3 is 19.8 Å². The van der Waals surface area contributed by atoms with Gasteiger partial charge in [0.25, 0.3) is 5.56 Å². The van der Waals surface area contributed by atoms with Gasteiger partial charge in [0.15, 0.2) is 0 Å². The van der Waals surface area contributed by atoms with Gasteiger partial charge in [0.2, 0.25) is 0 Å². The lowest BCUT2D eigenvalue weighted by Crippen LogP contribution is -2.49. The van der Waals surface area contributed by atoms with E-state index in [4.69, 9.17) is 4.74 Å². The molecule has 1 aromatic carbocycles. The predicted octanol–water partition coefficient (Wildman–Crippen LogP) is 0.997. The summed E-state index contributed by atoms with van der Waals surface area (Å²) in [6.45, 7) is 1.60. The van der Waals surface area contributed by atoms with Crippen LogP contribution < -0.4 is 10.5 Å². The summed E-state index contributed by atoms with van der Waals surface area (Å²) >= 11 is 0. The van der Waals surface area contributed by atoms with Gasteiger partial charge in [-0.05, 0) is 24.6 Å². The number of ether oxygens (including phenoxy) is 1. The molecule has 1 aromatic heterocycles. The van der Waals surface area contributed by atoms with Crippen LogP contribution in [0.4, 0.5) is 5.69 Å². The lowest BCUT2D eigenvalue weighted by Gasteiger charge is -2.40. The van der Waals surface area contributed by atoms with Crippen molar-refractivity contribution in [2.45, 2.75) is 24.9 Å². The van der Waals surface area contributed by atoms with E-state index in [0.717, 1.165) is 11.3 Å². The molecule has 0 aliphatic heterocycles. The van der Waals surface area contributed by atoms with Crippen molar-refractivity contribution in [3.05, 3.63) is 51.4 Å². The number of rotatable bonds is 3. The monoisotopic (exact) mass is 345 g/mol. The van der Waals surface area contributed by atoms with Crippen LogP contribution in [0.15, 0.2) is 29.1 Å². The van der Waals surface area contributed by atoms with Crippen LogP contribution >= 0.6 is 0 Å². The molecule has 7 heteroatoms. The summed E-state index contributed by atoms with van der Waals surface area (Å²) in [5.41, 5.74) is 1.28. The van der Waals surface area contributed by atoms with Gasteiger partial charge in [0.05, 0.1) is 18.6 Å². The van der Waals surface area contributed by atoms with Gasteiger partial charge in [-0.25, -0.2) is 0 Å². The van der Waals surface area contributed by atoms with Crippen molar-refractivity contribution in [1.82, 2.24) is 10.2 Å². The zero-order valence-corrected chi connectivity index (χ0v) is 14.8. The fourth-order valence-corrected chi connectivity index (χ4v) is 3.72. The number of carbonyl (C=O) groups excluding carboxylic acids is 1. The third-order valence-corrected chi connectivity index (χ3v) is 4.97. The van der Waals surface area contributed by atoms with Crippen molar-refractivity contribution in [3.63, 3.8) is 0 Å². The molecule has 0 fully saturated rings. The number of nitrogens with zero attached hydrogens (tertiary/aromatic N) is 1. The van der Waals surface area contributed by atoms with Crippen molar-refractivity contribution in [1.29, 1.82) is 0 Å². The Hall–Kier alpha value is -2.54. The molecular formula is C18H23N3O4. The van der Waals surface area contributed by atoms with Crippen LogP contribution in [0.5, 0.6) is 0 Å². The van der Waals surface area contributed by atoms with E-state index in [1.807, 2.05) is 43.3 Å². The molecule has 25 heavy (non-hydrogen) atoms. The van der Waals surface area contributed by atoms with Gasteiger partial charge in [-0.2, -0.15) is 0 Å². The Balaban J connectivity index is 2.18. The van der Waals surface area contributed by atoms with Gasteiger partial charge in [-0.15, -0.1) is 0 Å². The Morgan fingerprint density at radius 2 is 1.92 bits per heavy atom.